The maximum Gasteiger partial charge on any atom is 0.0591 e. The topological polar surface area (TPSA) is 24.9 Å². The van der Waals surface area contributed by atoms with E-state index in [4.69, 9.17) is 11.6 Å². The molecule has 0 aliphatic heterocycles. The Bertz CT molecular complexity index is 453. The van der Waals surface area contributed by atoms with Gasteiger partial charge in [-0.3, -0.25) is 4.98 Å². The normalized spacial score (nSPS) is 12.4. The van der Waals surface area contributed by atoms with E-state index in [0.717, 1.165) is 17.1 Å². The van der Waals surface area contributed by atoms with Gasteiger partial charge in [0.1, 0.15) is 0 Å². The van der Waals surface area contributed by atoms with Crippen LogP contribution in [0, 0.1) is 0 Å². The fourth-order valence-electron chi connectivity index (χ4n) is 1.83. The van der Waals surface area contributed by atoms with Crippen LogP contribution in [0.2, 0.25) is 5.02 Å². The van der Waals surface area contributed by atoms with Crippen molar-refractivity contribution in [1.82, 2.24) is 10.3 Å². The van der Waals surface area contributed by atoms with Crippen molar-refractivity contribution >= 4 is 11.6 Å². The molecule has 3 heteroatoms. The zero-order valence-corrected chi connectivity index (χ0v) is 10.5. The summed E-state index contributed by atoms with van der Waals surface area (Å²) in [5.74, 6) is 0. The number of nitrogens with zero attached hydrogens (tertiary/aromatic N) is 1. The third-order valence-corrected chi connectivity index (χ3v) is 2.88. The molecular formula is C14H15ClN2. The highest BCUT2D eigenvalue weighted by atomic mass is 35.5. The van der Waals surface area contributed by atoms with E-state index >= 15 is 0 Å². The highest BCUT2D eigenvalue weighted by Gasteiger charge is 2.12. The lowest BCUT2D eigenvalue weighted by molar-refractivity contribution is 0.628. The van der Waals surface area contributed by atoms with Crippen LogP contribution in [-0.4, -0.2) is 11.5 Å². The van der Waals surface area contributed by atoms with E-state index in [2.05, 4.69) is 23.3 Å². The first-order chi connectivity index (χ1) is 8.31. The molecule has 0 bridgehead atoms. The van der Waals surface area contributed by atoms with E-state index < -0.39 is 0 Å². The second-order valence-electron chi connectivity index (χ2n) is 3.83. The van der Waals surface area contributed by atoms with Crippen LogP contribution in [0.4, 0.5) is 0 Å². The number of benzene rings is 1. The Morgan fingerprint density at radius 1 is 1.18 bits per heavy atom. The van der Waals surface area contributed by atoms with Crippen molar-refractivity contribution in [2.45, 2.75) is 13.0 Å². The summed E-state index contributed by atoms with van der Waals surface area (Å²) in [6.07, 6.45) is 3.68. The fraction of sp³-hybridized carbons (Fsp3) is 0.214. The average Bonchev–Trinajstić information content (AvgIpc) is 2.38. The van der Waals surface area contributed by atoms with Gasteiger partial charge in [0.15, 0.2) is 0 Å². The second kappa shape index (κ2) is 5.80. The SMILES string of the molecule is CCN[C@H](c1ccc(Cl)cc1)c1cccnc1. The highest BCUT2D eigenvalue weighted by Crippen LogP contribution is 2.22. The molecule has 17 heavy (non-hydrogen) atoms. The Labute approximate surface area is 107 Å². The van der Waals surface area contributed by atoms with Gasteiger partial charge in [0, 0.05) is 17.4 Å². The molecule has 0 amide bonds. The van der Waals surface area contributed by atoms with Gasteiger partial charge in [0.25, 0.3) is 0 Å². The molecule has 2 nitrogen and oxygen atoms in total. The Morgan fingerprint density at radius 3 is 2.53 bits per heavy atom. The van der Waals surface area contributed by atoms with Crippen molar-refractivity contribution in [3.05, 3.63) is 64.9 Å². The smallest absolute Gasteiger partial charge is 0.0591 e. The first-order valence-corrected chi connectivity index (χ1v) is 6.08. The number of hydrogen-bond acceptors (Lipinski definition) is 2. The summed E-state index contributed by atoms with van der Waals surface area (Å²) < 4.78 is 0. The van der Waals surface area contributed by atoms with Crippen molar-refractivity contribution in [2.24, 2.45) is 0 Å². The van der Waals surface area contributed by atoms with Crippen LogP contribution in [0.1, 0.15) is 24.1 Å². The molecule has 2 aromatic rings. The number of aromatic nitrogens is 1. The lowest BCUT2D eigenvalue weighted by Gasteiger charge is -2.18. The van der Waals surface area contributed by atoms with Crippen LogP contribution in [0.25, 0.3) is 0 Å². The molecule has 1 aromatic heterocycles. The summed E-state index contributed by atoms with van der Waals surface area (Å²) in [7, 11) is 0. The van der Waals surface area contributed by atoms with Crippen molar-refractivity contribution in [3.63, 3.8) is 0 Å². The summed E-state index contributed by atoms with van der Waals surface area (Å²) >= 11 is 5.91. The van der Waals surface area contributed by atoms with E-state index in [1.165, 1.54) is 5.56 Å². The molecule has 0 aliphatic rings. The van der Waals surface area contributed by atoms with Gasteiger partial charge in [-0.25, -0.2) is 0 Å². The van der Waals surface area contributed by atoms with Gasteiger partial charge in [-0.1, -0.05) is 36.7 Å². The van der Waals surface area contributed by atoms with Crippen molar-refractivity contribution in [1.29, 1.82) is 0 Å². The molecule has 0 saturated carbocycles. The minimum atomic E-state index is 0.172. The molecule has 0 aliphatic carbocycles. The molecule has 88 valence electrons. The maximum absolute atomic E-state index is 5.91. The van der Waals surface area contributed by atoms with E-state index in [9.17, 15) is 0 Å². The molecule has 0 saturated heterocycles. The van der Waals surface area contributed by atoms with Crippen LogP contribution in [0.3, 0.4) is 0 Å². The first kappa shape index (κ1) is 12.1. The van der Waals surface area contributed by atoms with Gasteiger partial charge < -0.3 is 5.32 Å². The van der Waals surface area contributed by atoms with Gasteiger partial charge in [-0.2, -0.15) is 0 Å². The van der Waals surface area contributed by atoms with Gasteiger partial charge >= 0.3 is 0 Å². The molecule has 1 heterocycles. The van der Waals surface area contributed by atoms with Crippen LogP contribution in [-0.2, 0) is 0 Å². The first-order valence-electron chi connectivity index (χ1n) is 5.70. The molecule has 2 rings (SSSR count). The summed E-state index contributed by atoms with van der Waals surface area (Å²) in [6, 6.07) is 12.1. The lowest BCUT2D eigenvalue weighted by Crippen LogP contribution is -2.21. The van der Waals surface area contributed by atoms with Gasteiger partial charge in [0.2, 0.25) is 0 Å². The fourth-order valence-corrected chi connectivity index (χ4v) is 1.96. The van der Waals surface area contributed by atoms with E-state index in [0.29, 0.717) is 0 Å². The van der Waals surface area contributed by atoms with E-state index in [-0.39, 0.29) is 6.04 Å². The van der Waals surface area contributed by atoms with E-state index in [1.807, 2.05) is 36.5 Å². The quantitative estimate of drug-likeness (QED) is 0.894. The summed E-state index contributed by atoms with van der Waals surface area (Å²) in [5.41, 5.74) is 2.36. The lowest BCUT2D eigenvalue weighted by atomic mass is 10.0. The predicted octanol–water partition coefficient (Wildman–Crippen LogP) is 3.43. The second-order valence-corrected chi connectivity index (χ2v) is 4.27. The minimum Gasteiger partial charge on any atom is -0.306 e. The van der Waals surface area contributed by atoms with E-state index in [1.54, 1.807) is 6.20 Å². The molecule has 1 aromatic carbocycles. The number of hydrogen-bond donors (Lipinski definition) is 1. The van der Waals surface area contributed by atoms with Crippen LogP contribution in [0.5, 0.6) is 0 Å². The molecule has 1 N–H and O–H groups in total. The van der Waals surface area contributed by atoms with Crippen molar-refractivity contribution in [3.8, 4) is 0 Å². The number of halogens is 1. The predicted molar refractivity (Wildman–Crippen MR) is 71.2 cm³/mol. The molecular weight excluding hydrogens is 232 g/mol. The summed E-state index contributed by atoms with van der Waals surface area (Å²) in [6.45, 7) is 3.00. The largest absolute Gasteiger partial charge is 0.306 e. The molecule has 1 atom stereocenters. The maximum atomic E-state index is 5.91. The standard InChI is InChI=1S/C14H15ClN2/c1-2-17-14(12-4-3-9-16-10-12)11-5-7-13(15)8-6-11/h3-10,14,17H,2H2,1H3/t14-/m1/s1. The Morgan fingerprint density at radius 2 is 1.94 bits per heavy atom. The zero-order valence-electron chi connectivity index (χ0n) is 9.73. The highest BCUT2D eigenvalue weighted by molar-refractivity contribution is 6.30. The van der Waals surface area contributed by atoms with Gasteiger partial charge in [0.05, 0.1) is 6.04 Å². The van der Waals surface area contributed by atoms with Crippen molar-refractivity contribution in [2.75, 3.05) is 6.54 Å². The third kappa shape index (κ3) is 3.05. The average molecular weight is 247 g/mol. The Hall–Kier alpha value is -1.38. The van der Waals surface area contributed by atoms with Crippen molar-refractivity contribution < 1.29 is 0 Å². The minimum absolute atomic E-state index is 0.172. The Balaban J connectivity index is 2.32. The van der Waals surface area contributed by atoms with Crippen LogP contribution >= 0.6 is 11.6 Å². The summed E-state index contributed by atoms with van der Waals surface area (Å²) in [5, 5.41) is 4.21. The number of nitrogens with one attached hydrogen (secondary N) is 1. The van der Waals surface area contributed by atoms with Crippen LogP contribution < -0.4 is 5.32 Å². The number of rotatable bonds is 4. The molecule has 0 spiro atoms. The van der Waals surface area contributed by atoms with Gasteiger partial charge in [-0.15, -0.1) is 0 Å². The Kier molecular flexibility index (Phi) is 4.13. The van der Waals surface area contributed by atoms with Gasteiger partial charge in [-0.05, 0) is 35.9 Å². The zero-order chi connectivity index (χ0) is 12.1. The number of pyridine rings is 1. The summed E-state index contributed by atoms with van der Waals surface area (Å²) in [4.78, 5) is 4.16. The molecule has 0 unspecified atom stereocenters. The molecule has 0 radical (unpaired) electrons. The third-order valence-electron chi connectivity index (χ3n) is 2.63. The monoisotopic (exact) mass is 246 g/mol. The van der Waals surface area contributed by atoms with Crippen LogP contribution in [0.15, 0.2) is 48.8 Å². The molecule has 0 fully saturated rings.